The third kappa shape index (κ3) is 2.64. The van der Waals surface area contributed by atoms with Crippen molar-refractivity contribution in [2.24, 2.45) is 0 Å². The van der Waals surface area contributed by atoms with Gasteiger partial charge in [-0.15, -0.1) is 0 Å². The van der Waals surface area contributed by atoms with Crippen LogP contribution in [-0.2, 0) is 9.59 Å². The van der Waals surface area contributed by atoms with Gasteiger partial charge in [0.25, 0.3) is 0 Å². The summed E-state index contributed by atoms with van der Waals surface area (Å²) in [7, 11) is 0. The number of benzene rings is 1. The monoisotopic (exact) mass is 369 g/mol. The van der Waals surface area contributed by atoms with Gasteiger partial charge in [0.05, 0.1) is 27.2 Å². The summed E-state index contributed by atoms with van der Waals surface area (Å²) in [5, 5.41) is 15.8. The summed E-state index contributed by atoms with van der Waals surface area (Å²) in [6.07, 6.45) is 0. The van der Waals surface area contributed by atoms with Crippen molar-refractivity contribution in [3.63, 3.8) is 0 Å². The normalized spacial score (nSPS) is 20.5. The molecule has 0 bridgehead atoms. The van der Waals surface area contributed by atoms with E-state index in [4.69, 9.17) is 28.3 Å². The second-order valence-corrected chi connectivity index (χ2v) is 6.78. The Morgan fingerprint density at radius 2 is 2.12 bits per heavy atom. The Morgan fingerprint density at radius 3 is 2.79 bits per heavy atom. The summed E-state index contributed by atoms with van der Waals surface area (Å²) in [4.78, 5) is 27.2. The van der Waals surface area contributed by atoms with Crippen molar-refractivity contribution in [2.45, 2.75) is 25.7 Å². The SMILES string of the molecule is C[C@H]1CNC(=O)[C@H](C)c2c1[nH]c1c(Cl)c(Cl)cc(NC(=O)CO)c21. The standard InChI is InChI=1S/C16H17Cl2N3O3/c1-6-4-19-16(24)7(2)11-12-9(20-10(23)5-22)3-8(17)13(18)15(12)21-14(6)11/h3,6-7,21-22H,4-5H2,1-2H3,(H,19,24)(H,20,23)/t6-,7+/m0/s1. The van der Waals surface area contributed by atoms with E-state index in [0.717, 1.165) is 11.3 Å². The molecule has 1 aromatic carbocycles. The Hall–Kier alpha value is -1.76. The van der Waals surface area contributed by atoms with Crippen molar-refractivity contribution in [3.05, 3.63) is 27.4 Å². The van der Waals surface area contributed by atoms with Crippen LogP contribution in [0, 0.1) is 0 Å². The zero-order chi connectivity index (χ0) is 17.6. The van der Waals surface area contributed by atoms with E-state index in [1.54, 1.807) is 6.92 Å². The minimum absolute atomic E-state index is 0.0533. The predicted molar refractivity (Wildman–Crippen MR) is 93.9 cm³/mol. The highest BCUT2D eigenvalue weighted by atomic mass is 35.5. The van der Waals surface area contributed by atoms with Crippen LogP contribution in [0.1, 0.15) is 36.9 Å². The summed E-state index contributed by atoms with van der Waals surface area (Å²) in [6.45, 7) is 3.65. The highest BCUT2D eigenvalue weighted by Crippen LogP contribution is 2.44. The van der Waals surface area contributed by atoms with E-state index in [9.17, 15) is 9.59 Å². The Morgan fingerprint density at radius 1 is 1.42 bits per heavy atom. The molecule has 0 radical (unpaired) electrons. The van der Waals surface area contributed by atoms with Crippen LogP contribution in [-0.4, -0.2) is 35.1 Å². The van der Waals surface area contributed by atoms with Crippen LogP contribution in [0.4, 0.5) is 5.69 Å². The number of carbonyl (C=O) groups excluding carboxylic acids is 2. The minimum atomic E-state index is -0.652. The van der Waals surface area contributed by atoms with Crippen LogP contribution < -0.4 is 10.6 Å². The number of rotatable bonds is 2. The molecule has 2 heterocycles. The number of hydrogen-bond donors (Lipinski definition) is 4. The van der Waals surface area contributed by atoms with Crippen LogP contribution >= 0.6 is 23.2 Å². The smallest absolute Gasteiger partial charge is 0.250 e. The molecule has 1 aliphatic rings. The number of aliphatic hydroxyl groups is 1. The van der Waals surface area contributed by atoms with E-state index >= 15 is 0 Å². The fraction of sp³-hybridized carbons (Fsp3) is 0.375. The molecule has 3 rings (SSSR count). The van der Waals surface area contributed by atoms with Crippen molar-refractivity contribution in [2.75, 3.05) is 18.5 Å². The Bertz CT molecular complexity index is 847. The predicted octanol–water partition coefficient (Wildman–Crippen LogP) is 2.74. The van der Waals surface area contributed by atoms with E-state index in [0.29, 0.717) is 28.2 Å². The average molecular weight is 370 g/mol. The molecule has 4 N–H and O–H groups in total. The Kier molecular flexibility index (Phi) is 4.46. The number of fused-ring (bicyclic) bond motifs is 3. The molecule has 2 atom stereocenters. The largest absolute Gasteiger partial charge is 0.387 e. The van der Waals surface area contributed by atoms with Crippen LogP contribution in [0.3, 0.4) is 0 Å². The number of aromatic amines is 1. The number of nitrogens with one attached hydrogen (secondary N) is 3. The van der Waals surface area contributed by atoms with Gasteiger partial charge in [-0.2, -0.15) is 0 Å². The fourth-order valence-corrected chi connectivity index (χ4v) is 3.53. The van der Waals surface area contributed by atoms with Crippen LogP contribution in [0.5, 0.6) is 0 Å². The van der Waals surface area contributed by atoms with Gasteiger partial charge in [-0.3, -0.25) is 9.59 Å². The summed E-state index contributed by atoms with van der Waals surface area (Å²) in [5.74, 6) is -1.02. The maximum absolute atomic E-state index is 12.3. The molecular weight excluding hydrogens is 353 g/mol. The van der Waals surface area contributed by atoms with Crippen LogP contribution in [0.15, 0.2) is 6.07 Å². The van der Waals surface area contributed by atoms with Gasteiger partial charge in [-0.05, 0) is 18.6 Å². The zero-order valence-corrected chi connectivity index (χ0v) is 14.7. The first-order valence-corrected chi connectivity index (χ1v) is 8.32. The molecule has 2 amide bonds. The lowest BCUT2D eigenvalue weighted by Crippen LogP contribution is -2.27. The van der Waals surface area contributed by atoms with Gasteiger partial charge >= 0.3 is 0 Å². The fourth-order valence-electron chi connectivity index (χ4n) is 3.13. The van der Waals surface area contributed by atoms with Crippen molar-refractivity contribution in [1.82, 2.24) is 10.3 Å². The first-order valence-electron chi connectivity index (χ1n) is 7.57. The van der Waals surface area contributed by atoms with E-state index in [1.165, 1.54) is 6.07 Å². The second kappa shape index (κ2) is 6.27. The lowest BCUT2D eigenvalue weighted by atomic mass is 9.93. The number of aliphatic hydroxyl groups excluding tert-OH is 1. The van der Waals surface area contributed by atoms with Crippen molar-refractivity contribution in [1.29, 1.82) is 0 Å². The molecule has 0 spiro atoms. The van der Waals surface area contributed by atoms with E-state index in [2.05, 4.69) is 15.6 Å². The highest BCUT2D eigenvalue weighted by molar-refractivity contribution is 6.45. The second-order valence-electron chi connectivity index (χ2n) is 6.00. The van der Waals surface area contributed by atoms with Gasteiger partial charge in [-0.25, -0.2) is 0 Å². The molecule has 0 saturated heterocycles. The third-order valence-corrected chi connectivity index (χ3v) is 5.15. The molecule has 2 aromatic rings. The molecule has 128 valence electrons. The van der Waals surface area contributed by atoms with Gasteiger partial charge in [0.15, 0.2) is 0 Å². The molecule has 0 aliphatic carbocycles. The van der Waals surface area contributed by atoms with Gasteiger partial charge in [-0.1, -0.05) is 30.1 Å². The van der Waals surface area contributed by atoms with Crippen molar-refractivity contribution >= 4 is 51.6 Å². The molecule has 24 heavy (non-hydrogen) atoms. The maximum atomic E-state index is 12.3. The Balaban J connectivity index is 2.35. The van der Waals surface area contributed by atoms with E-state index in [1.807, 2.05) is 6.92 Å². The van der Waals surface area contributed by atoms with Gasteiger partial charge in [0.2, 0.25) is 11.8 Å². The number of anilines is 1. The van der Waals surface area contributed by atoms with Crippen LogP contribution in [0.25, 0.3) is 10.9 Å². The first-order chi connectivity index (χ1) is 11.3. The van der Waals surface area contributed by atoms with Gasteiger partial charge < -0.3 is 20.7 Å². The number of aromatic nitrogens is 1. The minimum Gasteiger partial charge on any atom is -0.387 e. The molecule has 0 unspecified atom stereocenters. The number of hydrogen-bond acceptors (Lipinski definition) is 3. The molecular formula is C16H17Cl2N3O3. The molecule has 6 nitrogen and oxygen atoms in total. The summed E-state index contributed by atoms with van der Waals surface area (Å²) >= 11 is 12.5. The summed E-state index contributed by atoms with van der Waals surface area (Å²) < 4.78 is 0. The molecule has 8 heteroatoms. The van der Waals surface area contributed by atoms with Gasteiger partial charge in [0, 0.05) is 23.5 Å². The number of amides is 2. The van der Waals surface area contributed by atoms with Crippen LogP contribution in [0.2, 0.25) is 10.0 Å². The first kappa shape index (κ1) is 17.1. The third-order valence-electron chi connectivity index (χ3n) is 4.36. The van der Waals surface area contributed by atoms with Crippen molar-refractivity contribution < 1.29 is 14.7 Å². The molecule has 0 fully saturated rings. The van der Waals surface area contributed by atoms with E-state index in [-0.39, 0.29) is 16.8 Å². The molecule has 1 aliphatic heterocycles. The number of carbonyl (C=O) groups is 2. The number of H-pyrrole nitrogens is 1. The zero-order valence-electron chi connectivity index (χ0n) is 13.2. The number of halogens is 2. The quantitative estimate of drug-likeness (QED) is 0.655. The van der Waals surface area contributed by atoms with Gasteiger partial charge in [0.1, 0.15) is 6.61 Å². The lowest BCUT2D eigenvalue weighted by Gasteiger charge is -2.13. The molecule has 1 aromatic heterocycles. The highest BCUT2D eigenvalue weighted by Gasteiger charge is 2.31. The Labute approximate surface area is 148 Å². The lowest BCUT2D eigenvalue weighted by molar-refractivity contribution is -0.122. The maximum Gasteiger partial charge on any atom is 0.250 e. The van der Waals surface area contributed by atoms with E-state index < -0.39 is 18.4 Å². The molecule has 0 saturated carbocycles. The van der Waals surface area contributed by atoms with Crippen molar-refractivity contribution in [3.8, 4) is 0 Å². The summed E-state index contributed by atoms with van der Waals surface area (Å²) in [6, 6.07) is 1.54. The topological polar surface area (TPSA) is 94.2 Å². The summed E-state index contributed by atoms with van der Waals surface area (Å²) in [5.41, 5.74) is 2.68. The average Bonchev–Trinajstić information content (AvgIpc) is 2.92.